The van der Waals surface area contributed by atoms with E-state index in [0.29, 0.717) is 4.88 Å². The van der Waals surface area contributed by atoms with E-state index in [1.807, 2.05) is 60.7 Å². The van der Waals surface area contributed by atoms with Crippen LogP contribution in [0.4, 0.5) is 5.69 Å². The van der Waals surface area contributed by atoms with Crippen molar-refractivity contribution in [2.24, 2.45) is 0 Å². The molecule has 1 unspecified atom stereocenters. The summed E-state index contributed by atoms with van der Waals surface area (Å²) in [5, 5.41) is 10.5. The summed E-state index contributed by atoms with van der Waals surface area (Å²) in [7, 11) is 0. The van der Waals surface area contributed by atoms with Crippen LogP contribution in [0.25, 0.3) is 16.2 Å². The van der Waals surface area contributed by atoms with Gasteiger partial charge in [-0.2, -0.15) is 5.26 Å². The Bertz CT molecular complexity index is 947. The number of nitrogens with zero attached hydrogens (tertiary/aromatic N) is 2. The molecule has 23 heavy (non-hydrogen) atoms. The predicted molar refractivity (Wildman–Crippen MR) is 93.5 cm³/mol. The second kappa shape index (κ2) is 5.38. The van der Waals surface area contributed by atoms with Gasteiger partial charge in [-0.05, 0) is 35.2 Å². The third-order valence-corrected chi connectivity index (χ3v) is 5.02. The quantitative estimate of drug-likeness (QED) is 0.665. The molecule has 1 aromatic heterocycles. The lowest BCUT2D eigenvalue weighted by atomic mass is 10.0. The summed E-state index contributed by atoms with van der Waals surface area (Å²) in [6.07, 6.45) is 3.67. The normalized spacial score (nSPS) is 16.1. The Balaban J connectivity index is 1.82. The van der Waals surface area contributed by atoms with Crippen LogP contribution in [0.2, 0.25) is 0 Å². The second-order valence-electron chi connectivity index (χ2n) is 5.32. The number of nitriles is 1. The molecule has 0 bridgehead atoms. The van der Waals surface area contributed by atoms with E-state index in [9.17, 15) is 10.1 Å². The molecule has 2 heterocycles. The van der Waals surface area contributed by atoms with Gasteiger partial charge >= 0.3 is 0 Å². The maximum Gasteiger partial charge on any atom is 0.269 e. The van der Waals surface area contributed by atoms with Crippen molar-refractivity contribution < 1.29 is 4.79 Å². The molecule has 0 aliphatic carbocycles. The highest BCUT2D eigenvalue weighted by atomic mass is 32.1. The van der Waals surface area contributed by atoms with E-state index in [4.69, 9.17) is 0 Å². The number of hydrogen-bond acceptors (Lipinski definition) is 3. The van der Waals surface area contributed by atoms with Crippen molar-refractivity contribution in [2.45, 2.75) is 6.04 Å². The van der Waals surface area contributed by atoms with E-state index >= 15 is 0 Å². The number of benzene rings is 2. The van der Waals surface area contributed by atoms with Gasteiger partial charge in [0.05, 0.1) is 16.6 Å². The van der Waals surface area contributed by atoms with Crippen LogP contribution in [0.5, 0.6) is 0 Å². The molecule has 0 N–H and O–H groups in total. The molecule has 2 aromatic carbocycles. The van der Waals surface area contributed by atoms with Crippen molar-refractivity contribution in [3.05, 3.63) is 71.1 Å². The lowest BCUT2D eigenvalue weighted by Crippen LogP contribution is -2.40. The topological polar surface area (TPSA) is 44.1 Å². The fraction of sp³-hybridized carbons (Fsp3) is 0.0526. The van der Waals surface area contributed by atoms with Gasteiger partial charge in [0, 0.05) is 4.70 Å². The molecule has 0 saturated carbocycles. The molecule has 1 amide bonds. The van der Waals surface area contributed by atoms with Gasteiger partial charge in [-0.25, -0.2) is 0 Å². The van der Waals surface area contributed by atoms with Crippen LogP contribution in [0.3, 0.4) is 0 Å². The van der Waals surface area contributed by atoms with Crippen molar-refractivity contribution >= 4 is 39.1 Å². The maximum absolute atomic E-state index is 13.1. The number of thiophene rings is 1. The van der Waals surface area contributed by atoms with E-state index in [0.717, 1.165) is 21.3 Å². The van der Waals surface area contributed by atoms with Crippen molar-refractivity contribution in [3.63, 3.8) is 0 Å². The molecule has 3 nitrogen and oxygen atoms in total. The highest BCUT2D eigenvalue weighted by Crippen LogP contribution is 2.33. The smallest absolute Gasteiger partial charge is 0.269 e. The summed E-state index contributed by atoms with van der Waals surface area (Å²) < 4.78 is 1.07. The summed E-state index contributed by atoms with van der Waals surface area (Å²) in [5.74, 6) is -0.130. The van der Waals surface area contributed by atoms with Crippen LogP contribution >= 0.6 is 11.3 Å². The van der Waals surface area contributed by atoms with Gasteiger partial charge in [-0.3, -0.25) is 9.69 Å². The van der Waals surface area contributed by atoms with Crippen LogP contribution in [0.1, 0.15) is 15.2 Å². The molecular formula is C19H12N2OS. The minimum Gasteiger partial charge on any atom is -0.287 e. The SMILES string of the molecule is N#CC1C=Cc2ccccc2N1C(=O)c1cc2ccccc2s1. The second-order valence-corrected chi connectivity index (χ2v) is 6.40. The van der Waals surface area contributed by atoms with E-state index < -0.39 is 6.04 Å². The summed E-state index contributed by atoms with van der Waals surface area (Å²) in [6, 6.07) is 19.1. The molecule has 4 heteroatoms. The highest BCUT2D eigenvalue weighted by molar-refractivity contribution is 7.20. The lowest BCUT2D eigenvalue weighted by Gasteiger charge is -2.29. The standard InChI is InChI=1S/C19H12N2OS/c20-12-15-10-9-13-5-1-3-7-16(13)21(15)19(22)18-11-14-6-2-4-8-17(14)23-18/h1-11,15H. The lowest BCUT2D eigenvalue weighted by molar-refractivity contribution is 0.0989. The molecule has 1 atom stereocenters. The maximum atomic E-state index is 13.1. The molecule has 0 spiro atoms. The average molecular weight is 316 g/mol. The molecular weight excluding hydrogens is 304 g/mol. The number of rotatable bonds is 1. The summed E-state index contributed by atoms with van der Waals surface area (Å²) in [6.45, 7) is 0. The average Bonchev–Trinajstić information content (AvgIpc) is 3.04. The monoisotopic (exact) mass is 316 g/mol. The molecule has 1 aliphatic rings. The van der Waals surface area contributed by atoms with E-state index in [-0.39, 0.29) is 5.91 Å². The number of amides is 1. The number of hydrogen-bond donors (Lipinski definition) is 0. The van der Waals surface area contributed by atoms with Gasteiger partial charge in [-0.15, -0.1) is 11.3 Å². The Labute approximate surface area is 137 Å². The van der Waals surface area contributed by atoms with Gasteiger partial charge in [0.15, 0.2) is 0 Å². The molecule has 110 valence electrons. The Morgan fingerprint density at radius 3 is 2.74 bits per heavy atom. The fourth-order valence-electron chi connectivity index (χ4n) is 2.82. The zero-order valence-corrected chi connectivity index (χ0v) is 13.0. The Morgan fingerprint density at radius 1 is 1.13 bits per heavy atom. The molecule has 1 aliphatic heterocycles. The van der Waals surface area contributed by atoms with Gasteiger partial charge in [0.2, 0.25) is 0 Å². The van der Waals surface area contributed by atoms with Gasteiger partial charge in [0.1, 0.15) is 6.04 Å². The fourth-order valence-corrected chi connectivity index (χ4v) is 3.82. The first kappa shape index (κ1) is 13.7. The van der Waals surface area contributed by atoms with Crippen molar-refractivity contribution in [2.75, 3.05) is 4.90 Å². The van der Waals surface area contributed by atoms with Crippen molar-refractivity contribution in [3.8, 4) is 6.07 Å². The molecule has 0 saturated heterocycles. The summed E-state index contributed by atoms with van der Waals surface area (Å²) in [5.41, 5.74) is 1.73. The van der Waals surface area contributed by atoms with E-state index in [1.165, 1.54) is 11.3 Å². The number of anilines is 1. The van der Waals surface area contributed by atoms with Crippen molar-refractivity contribution in [1.82, 2.24) is 0 Å². The summed E-state index contributed by atoms with van der Waals surface area (Å²) >= 11 is 1.46. The van der Waals surface area contributed by atoms with Gasteiger partial charge in [0.25, 0.3) is 5.91 Å². The van der Waals surface area contributed by atoms with Crippen LogP contribution in [-0.2, 0) is 0 Å². The van der Waals surface area contributed by atoms with Crippen molar-refractivity contribution in [1.29, 1.82) is 5.26 Å². The van der Waals surface area contributed by atoms with E-state index in [1.54, 1.807) is 11.0 Å². The number of carbonyl (C=O) groups excluding carboxylic acids is 1. The zero-order chi connectivity index (χ0) is 15.8. The minimum atomic E-state index is -0.581. The zero-order valence-electron chi connectivity index (χ0n) is 12.1. The number of carbonyl (C=O) groups is 1. The van der Waals surface area contributed by atoms with E-state index in [2.05, 4.69) is 6.07 Å². The van der Waals surface area contributed by atoms with Crippen LogP contribution < -0.4 is 4.90 Å². The Morgan fingerprint density at radius 2 is 1.91 bits per heavy atom. The first-order chi connectivity index (χ1) is 11.3. The number of fused-ring (bicyclic) bond motifs is 2. The first-order valence-electron chi connectivity index (χ1n) is 7.27. The highest BCUT2D eigenvalue weighted by Gasteiger charge is 2.29. The number of para-hydroxylation sites is 1. The van der Waals surface area contributed by atoms with Gasteiger partial charge in [-0.1, -0.05) is 42.5 Å². The third kappa shape index (κ3) is 2.23. The van der Waals surface area contributed by atoms with Crippen LogP contribution in [0.15, 0.2) is 60.7 Å². The third-order valence-electron chi connectivity index (χ3n) is 3.92. The molecule has 0 radical (unpaired) electrons. The predicted octanol–water partition coefficient (Wildman–Crippen LogP) is 4.47. The van der Waals surface area contributed by atoms with Crippen LogP contribution in [0, 0.1) is 11.3 Å². The molecule has 3 aromatic rings. The minimum absolute atomic E-state index is 0.130. The van der Waals surface area contributed by atoms with Crippen LogP contribution in [-0.4, -0.2) is 11.9 Å². The largest absolute Gasteiger partial charge is 0.287 e. The molecule has 0 fully saturated rings. The first-order valence-corrected chi connectivity index (χ1v) is 8.08. The van der Waals surface area contributed by atoms with Gasteiger partial charge < -0.3 is 0 Å². The Kier molecular flexibility index (Phi) is 3.22. The Hall–Kier alpha value is -2.90. The molecule has 4 rings (SSSR count). The summed E-state index contributed by atoms with van der Waals surface area (Å²) in [4.78, 5) is 15.3.